The molecule has 0 aromatic carbocycles. The first-order valence-corrected chi connectivity index (χ1v) is 6.28. The second-order valence-electron chi connectivity index (χ2n) is 4.19. The van der Waals surface area contributed by atoms with Gasteiger partial charge in [-0.15, -0.1) is 11.3 Å². The van der Waals surface area contributed by atoms with E-state index in [1.54, 1.807) is 11.3 Å². The number of hydrogen-bond donors (Lipinski definition) is 1. The largest absolute Gasteiger partial charge is 0.383 e. The van der Waals surface area contributed by atoms with E-state index in [1.807, 2.05) is 29.7 Å². The minimum Gasteiger partial charge on any atom is -0.383 e. The van der Waals surface area contributed by atoms with Crippen molar-refractivity contribution < 1.29 is 0 Å². The van der Waals surface area contributed by atoms with E-state index in [0.29, 0.717) is 5.82 Å². The Bertz CT molecular complexity index is 694. The van der Waals surface area contributed by atoms with Gasteiger partial charge < -0.3 is 5.73 Å². The van der Waals surface area contributed by atoms with Gasteiger partial charge in [0, 0.05) is 11.1 Å². The van der Waals surface area contributed by atoms with Gasteiger partial charge in [0.15, 0.2) is 0 Å². The third kappa shape index (κ3) is 1.61. The van der Waals surface area contributed by atoms with Crippen molar-refractivity contribution in [2.24, 2.45) is 0 Å². The number of thiophene rings is 1. The maximum atomic E-state index is 6.16. The molecular weight excluding hydrogens is 230 g/mol. The fraction of sp³-hybridized carbons (Fsp3) is 0.154. The van der Waals surface area contributed by atoms with Crippen LogP contribution in [-0.4, -0.2) is 9.38 Å². The van der Waals surface area contributed by atoms with Crippen molar-refractivity contribution in [2.75, 3.05) is 5.73 Å². The molecule has 3 rings (SSSR count). The molecule has 3 aromatic heterocycles. The quantitative estimate of drug-likeness (QED) is 0.713. The van der Waals surface area contributed by atoms with Gasteiger partial charge in [0.25, 0.3) is 0 Å². The minimum atomic E-state index is 0.713. The predicted molar refractivity (Wildman–Crippen MR) is 72.4 cm³/mol. The van der Waals surface area contributed by atoms with Crippen molar-refractivity contribution in [3.8, 4) is 10.6 Å². The number of nitrogens with zero attached hydrogens (tertiary/aromatic N) is 2. The van der Waals surface area contributed by atoms with Gasteiger partial charge in [0.05, 0.1) is 4.88 Å². The monoisotopic (exact) mass is 243 g/mol. The van der Waals surface area contributed by atoms with Crippen molar-refractivity contribution >= 4 is 22.8 Å². The first-order chi connectivity index (χ1) is 8.15. The highest BCUT2D eigenvalue weighted by Gasteiger charge is 2.12. The average Bonchev–Trinajstić information content (AvgIpc) is 2.84. The van der Waals surface area contributed by atoms with E-state index < -0.39 is 0 Å². The second-order valence-corrected chi connectivity index (χ2v) is 5.48. The fourth-order valence-electron chi connectivity index (χ4n) is 1.91. The first kappa shape index (κ1) is 10.4. The molecule has 0 saturated carbocycles. The van der Waals surface area contributed by atoms with Crippen LogP contribution in [0.4, 0.5) is 5.82 Å². The molecule has 0 amide bonds. The Balaban J connectivity index is 2.27. The molecule has 0 aliphatic carbocycles. The number of rotatable bonds is 1. The number of aromatic nitrogens is 2. The van der Waals surface area contributed by atoms with E-state index in [4.69, 9.17) is 5.73 Å². The molecule has 3 aromatic rings. The summed E-state index contributed by atoms with van der Waals surface area (Å²) in [6.45, 7) is 4.14. The Morgan fingerprint density at radius 1 is 1.18 bits per heavy atom. The molecule has 0 unspecified atom stereocenters. The van der Waals surface area contributed by atoms with Gasteiger partial charge in [0.2, 0.25) is 0 Å². The van der Waals surface area contributed by atoms with Gasteiger partial charge in [-0.3, -0.25) is 4.40 Å². The van der Waals surface area contributed by atoms with E-state index in [-0.39, 0.29) is 0 Å². The smallest absolute Gasteiger partial charge is 0.139 e. The third-order valence-electron chi connectivity index (χ3n) is 2.78. The topological polar surface area (TPSA) is 43.3 Å². The lowest BCUT2D eigenvalue weighted by Crippen LogP contribution is -1.93. The zero-order chi connectivity index (χ0) is 12.0. The summed E-state index contributed by atoms with van der Waals surface area (Å²) in [5.41, 5.74) is 9.11. The summed E-state index contributed by atoms with van der Waals surface area (Å²) in [6, 6.07) is 8.21. The summed E-state index contributed by atoms with van der Waals surface area (Å²) in [5.74, 6) is 0.713. The maximum Gasteiger partial charge on any atom is 0.139 e. The highest BCUT2D eigenvalue weighted by Crippen LogP contribution is 2.31. The van der Waals surface area contributed by atoms with Crippen LogP contribution in [0.3, 0.4) is 0 Å². The highest BCUT2D eigenvalue weighted by atomic mass is 32.1. The molecule has 0 fully saturated rings. The van der Waals surface area contributed by atoms with E-state index in [1.165, 1.54) is 10.4 Å². The van der Waals surface area contributed by atoms with Crippen LogP contribution in [0.2, 0.25) is 0 Å². The van der Waals surface area contributed by atoms with Crippen LogP contribution in [0, 0.1) is 13.8 Å². The van der Waals surface area contributed by atoms with E-state index in [0.717, 1.165) is 16.2 Å². The van der Waals surface area contributed by atoms with Crippen LogP contribution >= 0.6 is 11.3 Å². The number of fused-ring (bicyclic) bond motifs is 1. The zero-order valence-electron chi connectivity index (χ0n) is 9.77. The predicted octanol–water partition coefficient (Wildman–Crippen LogP) is 3.26. The van der Waals surface area contributed by atoms with Gasteiger partial charge >= 0.3 is 0 Å². The molecule has 2 N–H and O–H groups in total. The summed E-state index contributed by atoms with van der Waals surface area (Å²) in [5, 5.41) is 0. The molecule has 4 heteroatoms. The Labute approximate surface area is 104 Å². The number of aryl methyl sites for hydroxylation is 2. The van der Waals surface area contributed by atoms with E-state index in [9.17, 15) is 0 Å². The lowest BCUT2D eigenvalue weighted by Gasteiger charge is -1.98. The third-order valence-corrected chi connectivity index (χ3v) is 3.78. The van der Waals surface area contributed by atoms with Crippen molar-refractivity contribution in [1.82, 2.24) is 9.38 Å². The lowest BCUT2D eigenvalue weighted by atomic mass is 10.3. The number of hydrogen-bond acceptors (Lipinski definition) is 3. The molecule has 17 heavy (non-hydrogen) atoms. The van der Waals surface area contributed by atoms with Crippen LogP contribution in [-0.2, 0) is 0 Å². The Morgan fingerprint density at radius 2 is 2.00 bits per heavy atom. The molecule has 0 bridgehead atoms. The molecular formula is C13H13N3S. The van der Waals surface area contributed by atoms with Crippen LogP contribution in [0.25, 0.3) is 16.2 Å². The molecule has 0 aliphatic heterocycles. The fourth-order valence-corrected chi connectivity index (χ4v) is 2.78. The second kappa shape index (κ2) is 3.60. The molecule has 0 saturated heterocycles. The van der Waals surface area contributed by atoms with Crippen molar-refractivity contribution in [3.05, 3.63) is 40.9 Å². The van der Waals surface area contributed by atoms with Gasteiger partial charge in [-0.1, -0.05) is 6.07 Å². The van der Waals surface area contributed by atoms with Crippen LogP contribution < -0.4 is 5.73 Å². The number of nitrogen functional groups attached to an aromatic ring is 1. The lowest BCUT2D eigenvalue weighted by molar-refractivity contribution is 1.16. The Morgan fingerprint density at radius 3 is 2.71 bits per heavy atom. The summed E-state index contributed by atoms with van der Waals surface area (Å²) in [7, 11) is 0. The first-order valence-electron chi connectivity index (χ1n) is 5.46. The summed E-state index contributed by atoms with van der Waals surface area (Å²) in [6.07, 6.45) is 2.02. The van der Waals surface area contributed by atoms with Crippen LogP contribution in [0.1, 0.15) is 10.4 Å². The van der Waals surface area contributed by atoms with Crippen LogP contribution in [0.15, 0.2) is 30.5 Å². The molecule has 0 spiro atoms. The summed E-state index contributed by atoms with van der Waals surface area (Å²) >= 11 is 1.72. The highest BCUT2D eigenvalue weighted by molar-refractivity contribution is 7.15. The van der Waals surface area contributed by atoms with Gasteiger partial charge in [0.1, 0.15) is 17.2 Å². The SMILES string of the molecule is Cc1ccc2nc(-c3ccc(C)s3)c(N)n2c1. The normalized spacial score (nSPS) is 11.2. The zero-order valence-corrected chi connectivity index (χ0v) is 10.6. The van der Waals surface area contributed by atoms with Gasteiger partial charge in [-0.05, 0) is 37.6 Å². The van der Waals surface area contributed by atoms with Crippen LogP contribution in [0.5, 0.6) is 0 Å². The molecule has 0 radical (unpaired) electrons. The molecule has 0 atom stereocenters. The number of pyridine rings is 1. The number of imidazole rings is 1. The van der Waals surface area contributed by atoms with Gasteiger partial charge in [-0.2, -0.15) is 0 Å². The van der Waals surface area contributed by atoms with E-state index >= 15 is 0 Å². The van der Waals surface area contributed by atoms with Crippen molar-refractivity contribution in [2.45, 2.75) is 13.8 Å². The minimum absolute atomic E-state index is 0.713. The molecule has 3 heterocycles. The molecule has 3 nitrogen and oxygen atoms in total. The average molecular weight is 243 g/mol. The van der Waals surface area contributed by atoms with Gasteiger partial charge in [-0.25, -0.2) is 4.98 Å². The van der Waals surface area contributed by atoms with Crippen molar-refractivity contribution in [1.29, 1.82) is 0 Å². The number of nitrogens with two attached hydrogens (primary N) is 1. The molecule has 0 aliphatic rings. The summed E-state index contributed by atoms with van der Waals surface area (Å²) < 4.78 is 1.94. The Hall–Kier alpha value is -1.81. The van der Waals surface area contributed by atoms with E-state index in [2.05, 4.69) is 24.0 Å². The standard InChI is InChI=1S/C13H13N3S/c1-8-3-6-11-15-12(13(14)16(11)7-8)10-5-4-9(2)17-10/h3-7H,14H2,1-2H3. The Kier molecular flexibility index (Phi) is 2.19. The summed E-state index contributed by atoms with van der Waals surface area (Å²) in [4.78, 5) is 6.98. The van der Waals surface area contributed by atoms with Crippen molar-refractivity contribution in [3.63, 3.8) is 0 Å². The molecule has 86 valence electrons. The number of anilines is 1. The maximum absolute atomic E-state index is 6.16.